The van der Waals surface area contributed by atoms with Gasteiger partial charge in [-0.3, -0.25) is 4.57 Å². The average Bonchev–Trinajstić information content (AvgIpc) is 3.05. The number of aromatic nitrogens is 4. The third kappa shape index (κ3) is 4.53. The fourth-order valence-corrected chi connectivity index (χ4v) is 2.30. The number of urea groups is 1. The minimum Gasteiger partial charge on any atom is -0.368 e. The van der Waals surface area contributed by atoms with Crippen LogP contribution in [0.5, 0.6) is 0 Å². The van der Waals surface area contributed by atoms with Crippen molar-refractivity contribution >= 4 is 17.5 Å². The first-order valence-corrected chi connectivity index (χ1v) is 7.98. The van der Waals surface area contributed by atoms with Gasteiger partial charge in [-0.15, -0.1) is 0 Å². The predicted octanol–water partition coefficient (Wildman–Crippen LogP) is 2.34. The summed E-state index contributed by atoms with van der Waals surface area (Å²) < 4.78 is 14.9. The lowest BCUT2D eigenvalue weighted by molar-refractivity contribution is 0.252. The van der Waals surface area contributed by atoms with Crippen molar-refractivity contribution in [3.8, 4) is 5.82 Å². The van der Waals surface area contributed by atoms with Gasteiger partial charge < -0.3 is 16.0 Å². The summed E-state index contributed by atoms with van der Waals surface area (Å²) in [6, 6.07) is 7.09. The molecule has 0 saturated heterocycles. The van der Waals surface area contributed by atoms with E-state index in [0.29, 0.717) is 30.4 Å². The number of imidazole rings is 1. The quantitative estimate of drug-likeness (QED) is 0.590. The summed E-state index contributed by atoms with van der Waals surface area (Å²) >= 11 is 0. The molecule has 3 N–H and O–H groups in total. The van der Waals surface area contributed by atoms with Crippen LogP contribution in [0.25, 0.3) is 5.82 Å². The molecule has 8 nitrogen and oxygen atoms in total. The SMILES string of the molecule is Cc1nccn1-c1cc(NCCNC(=O)Nc2cccc(F)c2)ncn1. The molecular formula is C17H18FN7O. The standard InChI is InChI=1S/C17H18FN7O/c1-12-19-7-8-25(12)16-10-15(22-11-23-16)20-5-6-21-17(26)24-14-4-2-3-13(18)9-14/h2-4,7-11H,5-6H2,1H3,(H,20,22,23)(H2,21,24,26). The van der Waals surface area contributed by atoms with Crippen molar-refractivity contribution in [3.63, 3.8) is 0 Å². The number of amides is 2. The summed E-state index contributed by atoms with van der Waals surface area (Å²) in [6.07, 6.45) is 4.98. The van der Waals surface area contributed by atoms with E-state index in [-0.39, 0.29) is 0 Å². The lowest BCUT2D eigenvalue weighted by Crippen LogP contribution is -2.32. The number of halogens is 1. The van der Waals surface area contributed by atoms with Crippen LogP contribution in [0.4, 0.5) is 20.7 Å². The first kappa shape index (κ1) is 17.3. The zero-order valence-electron chi connectivity index (χ0n) is 14.1. The Bertz CT molecular complexity index is 896. The third-order valence-electron chi connectivity index (χ3n) is 3.52. The van der Waals surface area contributed by atoms with Crippen molar-refractivity contribution in [2.24, 2.45) is 0 Å². The second-order valence-corrected chi connectivity index (χ2v) is 5.42. The number of nitrogens with zero attached hydrogens (tertiary/aromatic N) is 4. The topological polar surface area (TPSA) is 96.8 Å². The maximum absolute atomic E-state index is 13.1. The van der Waals surface area contributed by atoms with E-state index < -0.39 is 11.8 Å². The summed E-state index contributed by atoms with van der Waals surface area (Å²) in [6.45, 7) is 2.72. The minimum atomic E-state index is -0.408. The van der Waals surface area contributed by atoms with E-state index in [2.05, 4.69) is 30.9 Å². The van der Waals surface area contributed by atoms with Crippen LogP contribution in [0.2, 0.25) is 0 Å². The van der Waals surface area contributed by atoms with Gasteiger partial charge in [-0.05, 0) is 25.1 Å². The van der Waals surface area contributed by atoms with Crippen LogP contribution >= 0.6 is 0 Å². The molecule has 2 heterocycles. The van der Waals surface area contributed by atoms with Gasteiger partial charge in [0.1, 0.15) is 29.6 Å². The normalized spacial score (nSPS) is 10.4. The predicted molar refractivity (Wildman–Crippen MR) is 95.8 cm³/mol. The number of hydrogen-bond donors (Lipinski definition) is 3. The number of nitrogens with one attached hydrogen (secondary N) is 3. The number of anilines is 2. The van der Waals surface area contributed by atoms with E-state index in [9.17, 15) is 9.18 Å². The molecule has 0 saturated carbocycles. The molecule has 0 aliphatic carbocycles. The first-order valence-electron chi connectivity index (χ1n) is 7.98. The van der Waals surface area contributed by atoms with E-state index in [4.69, 9.17) is 0 Å². The molecule has 0 bridgehead atoms. The van der Waals surface area contributed by atoms with Crippen LogP contribution in [0, 0.1) is 12.7 Å². The molecule has 134 valence electrons. The van der Waals surface area contributed by atoms with E-state index in [1.807, 2.05) is 17.7 Å². The highest BCUT2D eigenvalue weighted by molar-refractivity contribution is 5.89. The van der Waals surface area contributed by atoms with Crippen molar-refractivity contribution < 1.29 is 9.18 Å². The molecule has 26 heavy (non-hydrogen) atoms. The Labute approximate surface area is 149 Å². The second kappa shape index (κ2) is 8.06. The molecule has 0 aliphatic rings. The van der Waals surface area contributed by atoms with Gasteiger partial charge >= 0.3 is 6.03 Å². The monoisotopic (exact) mass is 355 g/mol. The maximum Gasteiger partial charge on any atom is 0.319 e. The van der Waals surface area contributed by atoms with Crippen molar-refractivity contribution in [1.29, 1.82) is 0 Å². The fourth-order valence-electron chi connectivity index (χ4n) is 2.30. The molecule has 0 spiro atoms. The van der Waals surface area contributed by atoms with Gasteiger partial charge in [0, 0.05) is 37.2 Å². The van der Waals surface area contributed by atoms with Crippen LogP contribution in [0.1, 0.15) is 5.82 Å². The van der Waals surface area contributed by atoms with Gasteiger partial charge in [0.05, 0.1) is 0 Å². The first-order chi connectivity index (χ1) is 12.6. The van der Waals surface area contributed by atoms with E-state index >= 15 is 0 Å². The highest BCUT2D eigenvalue weighted by Crippen LogP contribution is 2.10. The third-order valence-corrected chi connectivity index (χ3v) is 3.52. The number of rotatable bonds is 6. The van der Waals surface area contributed by atoms with Crippen LogP contribution in [0.3, 0.4) is 0 Å². The summed E-state index contributed by atoms with van der Waals surface area (Å²) in [5, 5.41) is 8.35. The van der Waals surface area contributed by atoms with Crippen LogP contribution in [0.15, 0.2) is 49.1 Å². The number of hydrogen-bond acceptors (Lipinski definition) is 5. The summed E-state index contributed by atoms with van der Waals surface area (Å²) in [5.41, 5.74) is 0.395. The van der Waals surface area contributed by atoms with Crippen molar-refractivity contribution in [3.05, 3.63) is 60.7 Å². The lowest BCUT2D eigenvalue weighted by atomic mass is 10.3. The summed E-state index contributed by atoms with van der Waals surface area (Å²) in [4.78, 5) is 24.3. The molecule has 3 rings (SSSR count). The molecule has 0 atom stereocenters. The van der Waals surface area contributed by atoms with Crippen LogP contribution in [-0.2, 0) is 0 Å². The van der Waals surface area contributed by atoms with Crippen molar-refractivity contribution in [1.82, 2.24) is 24.8 Å². The Morgan fingerprint density at radius 1 is 1.19 bits per heavy atom. The highest BCUT2D eigenvalue weighted by Gasteiger charge is 2.05. The van der Waals surface area contributed by atoms with Gasteiger partial charge in [-0.1, -0.05) is 6.07 Å². The Kier molecular flexibility index (Phi) is 5.37. The number of carbonyl (C=O) groups excluding carboxylic acids is 1. The Balaban J connectivity index is 1.46. The average molecular weight is 355 g/mol. The number of aryl methyl sites for hydroxylation is 1. The zero-order valence-corrected chi connectivity index (χ0v) is 14.1. The summed E-state index contributed by atoms with van der Waals surface area (Å²) in [5.74, 6) is 1.76. The molecule has 2 amide bonds. The highest BCUT2D eigenvalue weighted by atomic mass is 19.1. The van der Waals surface area contributed by atoms with E-state index in [0.717, 1.165) is 5.82 Å². The van der Waals surface area contributed by atoms with Gasteiger partial charge in [-0.2, -0.15) is 0 Å². The van der Waals surface area contributed by atoms with Crippen molar-refractivity contribution in [2.75, 3.05) is 23.7 Å². The van der Waals surface area contributed by atoms with Gasteiger partial charge in [0.15, 0.2) is 0 Å². The van der Waals surface area contributed by atoms with Crippen LogP contribution < -0.4 is 16.0 Å². The largest absolute Gasteiger partial charge is 0.368 e. The number of carbonyl (C=O) groups is 1. The van der Waals surface area contributed by atoms with Gasteiger partial charge in [-0.25, -0.2) is 24.1 Å². The van der Waals surface area contributed by atoms with Crippen LogP contribution in [-0.4, -0.2) is 38.6 Å². The molecule has 3 aromatic rings. The van der Waals surface area contributed by atoms with Gasteiger partial charge in [0.25, 0.3) is 0 Å². The summed E-state index contributed by atoms with van der Waals surface area (Å²) in [7, 11) is 0. The Hall–Kier alpha value is -3.49. The Morgan fingerprint density at radius 3 is 2.85 bits per heavy atom. The Morgan fingerprint density at radius 2 is 2.08 bits per heavy atom. The molecule has 2 aromatic heterocycles. The molecule has 9 heteroatoms. The smallest absolute Gasteiger partial charge is 0.319 e. The molecule has 0 unspecified atom stereocenters. The zero-order chi connectivity index (χ0) is 18.4. The molecule has 0 radical (unpaired) electrons. The number of benzene rings is 1. The second-order valence-electron chi connectivity index (χ2n) is 5.42. The van der Waals surface area contributed by atoms with Gasteiger partial charge in [0.2, 0.25) is 0 Å². The van der Waals surface area contributed by atoms with Crippen molar-refractivity contribution in [2.45, 2.75) is 6.92 Å². The fraction of sp³-hybridized carbons (Fsp3) is 0.176. The minimum absolute atomic E-state index is 0.366. The molecular weight excluding hydrogens is 337 g/mol. The molecule has 0 aliphatic heterocycles. The lowest BCUT2D eigenvalue weighted by Gasteiger charge is -2.10. The molecule has 1 aromatic carbocycles. The molecule has 0 fully saturated rings. The van der Waals surface area contributed by atoms with E-state index in [1.165, 1.54) is 24.5 Å². The maximum atomic E-state index is 13.1. The van der Waals surface area contributed by atoms with E-state index in [1.54, 1.807) is 18.3 Å².